The Labute approximate surface area is 136 Å². The minimum atomic E-state index is -1.33. The molecule has 1 saturated heterocycles. The first-order valence-electron chi connectivity index (χ1n) is 6.90. The predicted octanol–water partition coefficient (Wildman–Crippen LogP) is -1.73. The fourth-order valence-electron chi connectivity index (χ4n) is 2.02. The Balaban J connectivity index is 0.000000249. The molecule has 1 fully saturated rings. The van der Waals surface area contributed by atoms with E-state index in [4.69, 9.17) is 20.4 Å². The number of benzene rings is 1. The van der Waals surface area contributed by atoms with Gasteiger partial charge in [-0.3, -0.25) is 9.98 Å². The number of aromatic hydroxyl groups is 2. The summed E-state index contributed by atoms with van der Waals surface area (Å²) in [5.74, 6) is 0.291. The maximum atomic E-state index is 9.69. The Kier molecular flexibility index (Phi) is 5.82. The van der Waals surface area contributed by atoms with Gasteiger partial charge in [0.2, 0.25) is 5.62 Å². The number of nitrogens with zero attached hydrogens (tertiary/aromatic N) is 3. The highest BCUT2D eigenvalue weighted by Gasteiger charge is 2.43. The Morgan fingerprint density at radius 1 is 1.21 bits per heavy atom. The number of aliphatic hydroxyl groups is 3. The van der Waals surface area contributed by atoms with Crippen LogP contribution in [0.1, 0.15) is 6.23 Å². The summed E-state index contributed by atoms with van der Waals surface area (Å²) in [6.07, 6.45) is -3.60. The third kappa shape index (κ3) is 4.06. The van der Waals surface area contributed by atoms with Crippen molar-refractivity contribution in [3.8, 4) is 11.8 Å². The van der Waals surface area contributed by atoms with Gasteiger partial charge in [-0.05, 0) is 18.2 Å². The van der Waals surface area contributed by atoms with E-state index in [1.807, 2.05) is 0 Å². The van der Waals surface area contributed by atoms with Crippen LogP contribution in [0.25, 0.3) is 0 Å². The number of aliphatic hydroxyl groups excluding tert-OH is 3. The maximum absolute atomic E-state index is 9.69. The van der Waals surface area contributed by atoms with Crippen LogP contribution in [0.3, 0.4) is 0 Å². The van der Waals surface area contributed by atoms with Crippen LogP contribution in [0.2, 0.25) is 0 Å². The lowest BCUT2D eigenvalue weighted by atomic mass is 10.1. The molecule has 1 aromatic heterocycles. The third-order valence-electron chi connectivity index (χ3n) is 3.23. The molecule has 1 aliphatic heterocycles. The molecule has 129 valence electrons. The zero-order valence-corrected chi connectivity index (χ0v) is 12.4. The van der Waals surface area contributed by atoms with Gasteiger partial charge in [-0.15, -0.1) is 0 Å². The highest BCUT2D eigenvalue weighted by molar-refractivity contribution is 5.17. The quantitative estimate of drug-likeness (QED) is 0.376. The monoisotopic (exact) mass is 337 g/mol. The van der Waals surface area contributed by atoms with E-state index >= 15 is 0 Å². The summed E-state index contributed by atoms with van der Waals surface area (Å²) >= 11 is 0. The average molecular weight is 337 g/mol. The maximum Gasteiger partial charge on any atom is 0.300 e. The average Bonchev–Trinajstić information content (AvgIpc) is 2.84. The van der Waals surface area contributed by atoms with Crippen molar-refractivity contribution in [1.82, 2.24) is 14.5 Å². The third-order valence-corrected chi connectivity index (χ3v) is 3.23. The van der Waals surface area contributed by atoms with Gasteiger partial charge in [0, 0.05) is 0 Å². The van der Waals surface area contributed by atoms with Crippen LogP contribution < -0.4 is 5.62 Å². The standard InChI is InChI=1S/C8H12N4O5.C6H5O/c9-7-10-2-12(8(16)11-7)6-5(15)4(14)3(1-13)17-6;7-6-4-2-1-3-5-6/h2-6,13-15H,1H2,(H2,9,11,16);2-5,7H/t3-,4-,5+,6-;/m1./s1. The van der Waals surface area contributed by atoms with Crippen molar-refractivity contribution in [3.63, 3.8) is 0 Å². The van der Waals surface area contributed by atoms with Crippen molar-refractivity contribution in [2.75, 3.05) is 6.61 Å². The van der Waals surface area contributed by atoms with Crippen LogP contribution in [-0.2, 0) is 4.74 Å². The van der Waals surface area contributed by atoms with Gasteiger partial charge in [0.1, 0.15) is 30.4 Å². The van der Waals surface area contributed by atoms with Crippen LogP contribution in [0.5, 0.6) is 11.8 Å². The lowest BCUT2D eigenvalue weighted by Gasteiger charge is -2.17. The number of nitrogens with one attached hydrogen (secondary N) is 1. The van der Waals surface area contributed by atoms with E-state index in [1.165, 1.54) is 0 Å². The molecule has 1 radical (unpaired) electrons. The largest absolute Gasteiger partial charge is 0.508 e. The topological polar surface area (TPSA) is 165 Å². The van der Waals surface area contributed by atoms with Crippen molar-refractivity contribution in [2.24, 2.45) is 0 Å². The van der Waals surface area contributed by atoms with E-state index in [0.29, 0.717) is 5.75 Å². The van der Waals surface area contributed by atoms with E-state index in [1.54, 1.807) is 24.3 Å². The van der Waals surface area contributed by atoms with Crippen LogP contribution >= 0.6 is 0 Å². The van der Waals surface area contributed by atoms with Gasteiger partial charge in [0.15, 0.2) is 6.23 Å². The molecule has 0 aliphatic carbocycles. The molecule has 10 heteroatoms. The normalized spacial score (nSPS) is 25.8. The van der Waals surface area contributed by atoms with Crippen LogP contribution in [0.4, 0.5) is 0 Å². The van der Waals surface area contributed by atoms with Gasteiger partial charge < -0.3 is 30.3 Å². The SMILES string of the molecule is N=c1ncn([C@@H]2O[C@H](CO)[C@@H](O)[C@@H]2O)c(O)n1.Oc1cc[c]cc1. The molecule has 0 bridgehead atoms. The highest BCUT2D eigenvalue weighted by atomic mass is 16.6. The predicted molar refractivity (Wildman–Crippen MR) is 77.5 cm³/mol. The van der Waals surface area contributed by atoms with Crippen molar-refractivity contribution in [3.05, 3.63) is 42.3 Å². The van der Waals surface area contributed by atoms with Gasteiger partial charge in [0.05, 0.1) is 6.61 Å². The second-order valence-corrected chi connectivity index (χ2v) is 4.87. The van der Waals surface area contributed by atoms with E-state index in [-0.39, 0.29) is 5.62 Å². The lowest BCUT2D eigenvalue weighted by molar-refractivity contribution is -0.0570. The van der Waals surface area contributed by atoms with Gasteiger partial charge >= 0.3 is 6.01 Å². The Hall–Kier alpha value is -2.53. The molecule has 2 aromatic rings. The molecule has 1 aromatic carbocycles. The smallest absolute Gasteiger partial charge is 0.300 e. The first-order valence-corrected chi connectivity index (χ1v) is 6.90. The number of aromatic nitrogens is 3. The summed E-state index contributed by atoms with van der Waals surface area (Å²) in [5.41, 5.74) is -0.384. The Morgan fingerprint density at radius 2 is 1.88 bits per heavy atom. The number of phenols is 1. The molecule has 3 rings (SSSR count). The molecule has 0 amide bonds. The second-order valence-electron chi connectivity index (χ2n) is 4.87. The first kappa shape index (κ1) is 17.8. The second kappa shape index (κ2) is 7.84. The number of ether oxygens (including phenoxy) is 1. The number of hydrogen-bond donors (Lipinski definition) is 6. The van der Waals surface area contributed by atoms with E-state index in [9.17, 15) is 15.3 Å². The van der Waals surface area contributed by atoms with Crippen molar-refractivity contribution in [2.45, 2.75) is 24.5 Å². The van der Waals surface area contributed by atoms with Gasteiger partial charge in [-0.2, -0.15) is 4.98 Å². The molecular formula is C14H17N4O6. The van der Waals surface area contributed by atoms with Crippen LogP contribution in [-0.4, -0.2) is 65.0 Å². The van der Waals surface area contributed by atoms with Gasteiger partial charge in [-0.25, -0.2) is 4.98 Å². The van der Waals surface area contributed by atoms with Gasteiger partial charge in [-0.1, -0.05) is 12.1 Å². The summed E-state index contributed by atoms with van der Waals surface area (Å²) in [6, 6.07) is 8.69. The van der Waals surface area contributed by atoms with Crippen molar-refractivity contribution in [1.29, 1.82) is 5.41 Å². The molecule has 0 spiro atoms. The molecule has 6 N–H and O–H groups in total. The molecule has 1 aliphatic rings. The van der Waals surface area contributed by atoms with Crippen LogP contribution in [0, 0.1) is 11.5 Å². The van der Waals surface area contributed by atoms with Crippen molar-refractivity contribution < 1.29 is 30.3 Å². The zero-order valence-electron chi connectivity index (χ0n) is 12.4. The molecule has 10 nitrogen and oxygen atoms in total. The van der Waals surface area contributed by atoms with Crippen LogP contribution in [0.15, 0.2) is 30.6 Å². The Morgan fingerprint density at radius 3 is 2.33 bits per heavy atom. The van der Waals surface area contributed by atoms with Gasteiger partial charge in [0.25, 0.3) is 0 Å². The molecular weight excluding hydrogens is 320 g/mol. The first-order chi connectivity index (χ1) is 11.4. The molecule has 4 atom stereocenters. The fraction of sp³-hybridized carbons (Fsp3) is 0.357. The van der Waals surface area contributed by atoms with E-state index in [0.717, 1.165) is 10.9 Å². The minimum Gasteiger partial charge on any atom is -0.508 e. The zero-order chi connectivity index (χ0) is 17.7. The highest BCUT2D eigenvalue weighted by Crippen LogP contribution is 2.30. The number of hydrogen-bond acceptors (Lipinski definition) is 9. The Bertz CT molecular complexity index is 710. The summed E-state index contributed by atoms with van der Waals surface area (Å²) in [6.45, 7) is -0.465. The summed E-state index contributed by atoms with van der Waals surface area (Å²) in [7, 11) is 0. The summed E-state index contributed by atoms with van der Waals surface area (Å²) in [5, 5.41) is 53.3. The summed E-state index contributed by atoms with van der Waals surface area (Å²) < 4.78 is 6.13. The fourth-order valence-corrected chi connectivity index (χ4v) is 2.02. The molecule has 0 saturated carbocycles. The van der Waals surface area contributed by atoms with E-state index in [2.05, 4.69) is 16.0 Å². The van der Waals surface area contributed by atoms with E-state index < -0.39 is 37.2 Å². The number of phenolic OH excluding ortho intramolecular Hbond substituents is 1. The van der Waals surface area contributed by atoms with Crippen molar-refractivity contribution >= 4 is 0 Å². The molecule has 0 unspecified atom stereocenters. The minimum absolute atomic E-state index is 0.291. The summed E-state index contributed by atoms with van der Waals surface area (Å²) in [4.78, 5) is 6.89. The molecule has 2 heterocycles. The number of rotatable bonds is 2. The molecule has 24 heavy (non-hydrogen) atoms. The lowest BCUT2D eigenvalue weighted by Crippen LogP contribution is -2.33.